The lowest BCUT2D eigenvalue weighted by molar-refractivity contribution is 0.121. The first-order valence-electron chi connectivity index (χ1n) is 10.0. The van der Waals surface area contributed by atoms with Crippen LogP contribution in [0.4, 0.5) is 4.39 Å². The molecule has 1 fully saturated rings. The molecular weight excluding hydrogens is 385 g/mol. The molecule has 0 atom stereocenters. The monoisotopic (exact) mass is 411 g/mol. The van der Waals surface area contributed by atoms with Gasteiger partial charge in [-0.1, -0.05) is 6.07 Å². The number of ether oxygens (including phenoxy) is 2. The number of hydrogen-bond acceptors (Lipinski definition) is 6. The molecule has 0 amide bonds. The van der Waals surface area contributed by atoms with E-state index in [9.17, 15) is 4.39 Å². The lowest BCUT2D eigenvalue weighted by Gasteiger charge is -2.34. The Labute approximate surface area is 175 Å². The summed E-state index contributed by atoms with van der Waals surface area (Å²) < 4.78 is 29.4. The second kappa shape index (κ2) is 9.28. The number of aromatic nitrogens is 1. The van der Waals surface area contributed by atoms with Gasteiger partial charge >= 0.3 is 0 Å². The molecule has 1 aliphatic heterocycles. The van der Waals surface area contributed by atoms with Crippen molar-refractivity contribution < 1.29 is 18.3 Å². The minimum atomic E-state index is -0.267. The van der Waals surface area contributed by atoms with Gasteiger partial charge in [-0.05, 0) is 42.0 Å². The maximum absolute atomic E-state index is 13.1. The summed E-state index contributed by atoms with van der Waals surface area (Å²) in [5.74, 6) is 1.77. The van der Waals surface area contributed by atoms with Crippen LogP contribution in [0.3, 0.4) is 0 Å². The lowest BCUT2D eigenvalue weighted by Crippen LogP contribution is -2.45. The van der Waals surface area contributed by atoms with E-state index in [0.29, 0.717) is 5.89 Å². The number of benzene rings is 2. The van der Waals surface area contributed by atoms with Crippen molar-refractivity contribution in [3.05, 3.63) is 65.8 Å². The molecule has 4 rings (SSSR count). The van der Waals surface area contributed by atoms with E-state index in [1.807, 2.05) is 12.1 Å². The van der Waals surface area contributed by atoms with Crippen LogP contribution in [0.2, 0.25) is 0 Å². The van der Waals surface area contributed by atoms with Gasteiger partial charge < -0.3 is 13.9 Å². The van der Waals surface area contributed by atoms with Gasteiger partial charge in [0.25, 0.3) is 0 Å². The third kappa shape index (κ3) is 4.80. The average Bonchev–Trinajstić information content (AvgIpc) is 3.24. The van der Waals surface area contributed by atoms with Crippen molar-refractivity contribution in [2.24, 2.45) is 0 Å². The number of piperazine rings is 1. The van der Waals surface area contributed by atoms with Crippen LogP contribution in [0.15, 0.2) is 53.1 Å². The molecule has 0 unspecified atom stereocenters. The number of hydrogen-bond donors (Lipinski definition) is 0. The quantitative estimate of drug-likeness (QED) is 0.589. The molecule has 0 saturated carbocycles. The highest BCUT2D eigenvalue weighted by Gasteiger charge is 2.19. The third-order valence-corrected chi connectivity index (χ3v) is 5.35. The predicted molar refractivity (Wildman–Crippen MR) is 112 cm³/mol. The van der Waals surface area contributed by atoms with Gasteiger partial charge in [-0.2, -0.15) is 0 Å². The standard InChI is InChI=1S/C23H26FN3O3/c1-28-21-8-3-17(13-22(21)29-2)14-26-9-11-27(12-10-26)15-20-16-30-23(25-20)18-4-6-19(24)7-5-18/h3-8,13,16H,9-12,14-15H2,1-2H3. The molecule has 0 N–H and O–H groups in total. The fraction of sp³-hybridized carbons (Fsp3) is 0.348. The molecule has 2 heterocycles. The molecule has 0 aliphatic carbocycles. The molecular formula is C23H26FN3O3. The van der Waals surface area contributed by atoms with Gasteiger partial charge in [-0.15, -0.1) is 0 Å². The molecule has 1 aromatic heterocycles. The van der Waals surface area contributed by atoms with E-state index in [2.05, 4.69) is 20.9 Å². The minimum absolute atomic E-state index is 0.267. The maximum Gasteiger partial charge on any atom is 0.226 e. The van der Waals surface area contributed by atoms with Crippen LogP contribution in [0.1, 0.15) is 11.3 Å². The van der Waals surface area contributed by atoms with Crippen molar-refractivity contribution >= 4 is 0 Å². The van der Waals surface area contributed by atoms with Crippen molar-refractivity contribution in [1.29, 1.82) is 0 Å². The van der Waals surface area contributed by atoms with Crippen molar-refractivity contribution in [2.75, 3.05) is 40.4 Å². The first-order valence-corrected chi connectivity index (χ1v) is 10.0. The Bertz CT molecular complexity index is 966. The van der Waals surface area contributed by atoms with Gasteiger partial charge in [-0.25, -0.2) is 9.37 Å². The van der Waals surface area contributed by atoms with E-state index in [1.165, 1.54) is 17.7 Å². The molecule has 30 heavy (non-hydrogen) atoms. The number of methoxy groups -OCH3 is 2. The normalized spacial score (nSPS) is 15.3. The molecule has 0 radical (unpaired) electrons. The van der Waals surface area contributed by atoms with Crippen molar-refractivity contribution in [2.45, 2.75) is 13.1 Å². The second-order valence-corrected chi connectivity index (χ2v) is 7.39. The van der Waals surface area contributed by atoms with Gasteiger partial charge in [-0.3, -0.25) is 9.80 Å². The molecule has 7 heteroatoms. The van der Waals surface area contributed by atoms with Crippen molar-refractivity contribution in [3.63, 3.8) is 0 Å². The summed E-state index contributed by atoms with van der Waals surface area (Å²) in [5, 5.41) is 0. The van der Waals surface area contributed by atoms with Crippen LogP contribution in [-0.4, -0.2) is 55.2 Å². The summed E-state index contributed by atoms with van der Waals surface area (Å²) >= 11 is 0. The van der Waals surface area contributed by atoms with E-state index in [4.69, 9.17) is 13.9 Å². The zero-order valence-corrected chi connectivity index (χ0v) is 17.3. The Hall–Kier alpha value is -2.90. The van der Waals surface area contributed by atoms with Gasteiger partial charge in [0.2, 0.25) is 5.89 Å². The van der Waals surface area contributed by atoms with E-state index in [0.717, 1.165) is 62.0 Å². The fourth-order valence-corrected chi connectivity index (χ4v) is 3.68. The van der Waals surface area contributed by atoms with Crippen LogP contribution < -0.4 is 9.47 Å². The molecule has 3 aromatic rings. The highest BCUT2D eigenvalue weighted by atomic mass is 19.1. The third-order valence-electron chi connectivity index (χ3n) is 5.35. The first kappa shape index (κ1) is 20.4. The zero-order chi connectivity index (χ0) is 20.9. The Morgan fingerprint density at radius 3 is 2.23 bits per heavy atom. The van der Waals surface area contributed by atoms with Gasteiger partial charge in [0.1, 0.15) is 12.1 Å². The van der Waals surface area contributed by atoms with Crippen LogP contribution in [0.5, 0.6) is 11.5 Å². The van der Waals surface area contributed by atoms with Crippen LogP contribution in [0, 0.1) is 5.82 Å². The number of oxazole rings is 1. The van der Waals surface area contributed by atoms with Gasteiger partial charge in [0.05, 0.1) is 19.9 Å². The average molecular weight is 411 g/mol. The van der Waals surface area contributed by atoms with E-state index in [1.54, 1.807) is 32.6 Å². The molecule has 158 valence electrons. The smallest absolute Gasteiger partial charge is 0.226 e. The largest absolute Gasteiger partial charge is 0.493 e. The topological polar surface area (TPSA) is 51.0 Å². The molecule has 6 nitrogen and oxygen atoms in total. The maximum atomic E-state index is 13.1. The fourth-order valence-electron chi connectivity index (χ4n) is 3.68. The van der Waals surface area contributed by atoms with Crippen LogP contribution in [0.25, 0.3) is 11.5 Å². The predicted octanol–water partition coefficient (Wildman–Crippen LogP) is 3.82. The number of rotatable bonds is 7. The first-order chi connectivity index (χ1) is 14.6. The summed E-state index contributed by atoms with van der Waals surface area (Å²) in [6.07, 6.45) is 1.69. The minimum Gasteiger partial charge on any atom is -0.493 e. The summed E-state index contributed by atoms with van der Waals surface area (Å²) in [6, 6.07) is 12.3. The van der Waals surface area contributed by atoms with Gasteiger partial charge in [0.15, 0.2) is 11.5 Å². The van der Waals surface area contributed by atoms with Crippen LogP contribution >= 0.6 is 0 Å². The van der Waals surface area contributed by atoms with Gasteiger partial charge in [0, 0.05) is 44.8 Å². The van der Waals surface area contributed by atoms with E-state index < -0.39 is 0 Å². The summed E-state index contributed by atoms with van der Waals surface area (Å²) in [6.45, 7) is 5.52. The second-order valence-electron chi connectivity index (χ2n) is 7.39. The SMILES string of the molecule is COc1ccc(CN2CCN(Cc3coc(-c4ccc(F)cc4)n3)CC2)cc1OC. The van der Waals surface area contributed by atoms with Crippen molar-refractivity contribution in [1.82, 2.24) is 14.8 Å². The molecule has 0 spiro atoms. The number of nitrogens with zero attached hydrogens (tertiary/aromatic N) is 3. The zero-order valence-electron chi connectivity index (χ0n) is 17.3. The van der Waals surface area contributed by atoms with E-state index in [-0.39, 0.29) is 5.82 Å². The summed E-state index contributed by atoms with van der Waals surface area (Å²) in [4.78, 5) is 9.36. The highest BCUT2D eigenvalue weighted by Crippen LogP contribution is 2.28. The molecule has 2 aromatic carbocycles. The summed E-state index contributed by atoms with van der Waals surface area (Å²) in [5.41, 5.74) is 2.88. The Morgan fingerprint density at radius 1 is 0.900 bits per heavy atom. The van der Waals surface area contributed by atoms with Crippen molar-refractivity contribution in [3.8, 4) is 23.0 Å². The Morgan fingerprint density at radius 2 is 1.57 bits per heavy atom. The van der Waals surface area contributed by atoms with Crippen LogP contribution in [-0.2, 0) is 13.1 Å². The Balaban J connectivity index is 1.29. The highest BCUT2D eigenvalue weighted by molar-refractivity contribution is 5.52. The molecule has 1 aliphatic rings. The Kier molecular flexibility index (Phi) is 6.30. The van der Waals surface area contributed by atoms with E-state index >= 15 is 0 Å². The molecule has 1 saturated heterocycles. The number of halogens is 1. The molecule has 0 bridgehead atoms. The summed E-state index contributed by atoms with van der Waals surface area (Å²) in [7, 11) is 3.31. The lowest BCUT2D eigenvalue weighted by atomic mass is 10.1.